The molecule has 9 aromatic rings. The minimum absolute atomic E-state index is 0.660. The molecular formula is C50H32N2. The summed E-state index contributed by atoms with van der Waals surface area (Å²) in [4.78, 5) is 5.08. The van der Waals surface area contributed by atoms with Crippen molar-refractivity contribution in [2.45, 2.75) is 0 Å². The third-order valence-corrected chi connectivity index (χ3v) is 9.94. The second-order valence-electron chi connectivity index (χ2n) is 13.0. The Labute approximate surface area is 303 Å². The van der Waals surface area contributed by atoms with Gasteiger partial charge in [0.1, 0.15) is 0 Å². The molecule has 1 heterocycles. The van der Waals surface area contributed by atoms with Crippen LogP contribution in [0.15, 0.2) is 194 Å². The molecular weight excluding hydrogens is 629 g/mol. The van der Waals surface area contributed by atoms with Crippen LogP contribution in [-0.4, -0.2) is 4.98 Å². The van der Waals surface area contributed by atoms with Crippen LogP contribution in [0.5, 0.6) is 0 Å². The van der Waals surface area contributed by atoms with Crippen molar-refractivity contribution in [3.8, 4) is 73.1 Å². The average Bonchev–Trinajstić information content (AvgIpc) is 3.23. The zero-order chi connectivity index (χ0) is 34.9. The molecule has 0 N–H and O–H groups in total. The highest BCUT2D eigenvalue weighted by Gasteiger charge is 2.17. The van der Waals surface area contributed by atoms with E-state index in [1.54, 1.807) is 0 Å². The highest BCUT2D eigenvalue weighted by atomic mass is 14.7. The summed E-state index contributed by atoms with van der Waals surface area (Å²) in [7, 11) is 0. The van der Waals surface area contributed by atoms with Crippen molar-refractivity contribution < 1.29 is 0 Å². The van der Waals surface area contributed by atoms with E-state index in [4.69, 9.17) is 4.98 Å². The minimum Gasteiger partial charge on any atom is -0.248 e. The third-order valence-electron chi connectivity index (χ3n) is 9.94. The predicted octanol–water partition coefficient (Wildman–Crippen LogP) is 13.3. The van der Waals surface area contributed by atoms with E-state index in [0.29, 0.717) is 5.56 Å². The molecule has 9 rings (SSSR count). The summed E-state index contributed by atoms with van der Waals surface area (Å²) in [6.45, 7) is 0. The Morgan fingerprint density at radius 1 is 0.346 bits per heavy atom. The van der Waals surface area contributed by atoms with Gasteiger partial charge in [-0.15, -0.1) is 0 Å². The third kappa shape index (κ3) is 5.71. The largest absolute Gasteiger partial charge is 0.248 e. The fourth-order valence-corrected chi connectivity index (χ4v) is 7.35. The summed E-state index contributed by atoms with van der Waals surface area (Å²) in [5.74, 6) is 0. The van der Waals surface area contributed by atoms with Crippen molar-refractivity contribution >= 4 is 21.5 Å². The fraction of sp³-hybridized carbons (Fsp3) is 0. The normalized spacial score (nSPS) is 11.1. The number of rotatable bonds is 6. The Morgan fingerprint density at radius 3 is 1.46 bits per heavy atom. The number of benzene rings is 8. The molecule has 0 aliphatic rings. The van der Waals surface area contributed by atoms with Crippen LogP contribution in [0, 0.1) is 11.3 Å². The highest BCUT2D eigenvalue weighted by molar-refractivity contribution is 6.13. The van der Waals surface area contributed by atoms with E-state index in [1.165, 1.54) is 38.2 Å². The number of aromatic nitrogens is 1. The molecule has 2 heteroatoms. The number of pyridine rings is 1. The van der Waals surface area contributed by atoms with Gasteiger partial charge in [0.2, 0.25) is 0 Å². The van der Waals surface area contributed by atoms with Crippen LogP contribution in [0.4, 0.5) is 0 Å². The number of nitrogens with zero attached hydrogens (tertiary/aromatic N) is 2. The molecule has 0 unspecified atom stereocenters. The van der Waals surface area contributed by atoms with E-state index in [1.807, 2.05) is 36.4 Å². The average molecular weight is 661 g/mol. The van der Waals surface area contributed by atoms with Crippen LogP contribution in [0.25, 0.3) is 88.6 Å². The smallest absolute Gasteiger partial charge is 0.0991 e. The van der Waals surface area contributed by atoms with E-state index >= 15 is 0 Å². The van der Waals surface area contributed by atoms with Gasteiger partial charge in [-0.05, 0) is 90.3 Å². The van der Waals surface area contributed by atoms with E-state index in [0.717, 1.165) is 50.3 Å². The lowest BCUT2D eigenvalue weighted by Crippen LogP contribution is -1.92. The van der Waals surface area contributed by atoms with E-state index in [-0.39, 0.29) is 0 Å². The van der Waals surface area contributed by atoms with Crippen LogP contribution in [-0.2, 0) is 0 Å². The molecule has 8 aromatic carbocycles. The summed E-state index contributed by atoms with van der Waals surface area (Å²) in [5, 5.41) is 14.2. The molecule has 52 heavy (non-hydrogen) atoms. The summed E-state index contributed by atoms with van der Waals surface area (Å²) in [6.07, 6.45) is 0. The Bertz CT molecular complexity index is 2700. The van der Waals surface area contributed by atoms with Gasteiger partial charge >= 0.3 is 0 Å². The summed E-state index contributed by atoms with van der Waals surface area (Å²) < 4.78 is 0. The van der Waals surface area contributed by atoms with Crippen molar-refractivity contribution in [1.29, 1.82) is 5.26 Å². The zero-order valence-corrected chi connectivity index (χ0v) is 28.4. The van der Waals surface area contributed by atoms with Gasteiger partial charge in [-0.1, -0.05) is 170 Å². The molecule has 2 nitrogen and oxygen atoms in total. The van der Waals surface area contributed by atoms with Gasteiger partial charge in [0.15, 0.2) is 0 Å². The van der Waals surface area contributed by atoms with Crippen LogP contribution in [0.1, 0.15) is 5.56 Å². The first-order chi connectivity index (χ1) is 25.7. The van der Waals surface area contributed by atoms with Crippen LogP contribution >= 0.6 is 0 Å². The Morgan fingerprint density at radius 2 is 0.827 bits per heavy atom. The topological polar surface area (TPSA) is 36.7 Å². The number of hydrogen-bond donors (Lipinski definition) is 0. The van der Waals surface area contributed by atoms with Crippen molar-refractivity contribution in [3.63, 3.8) is 0 Å². The molecule has 0 aliphatic carbocycles. The first-order valence-electron chi connectivity index (χ1n) is 17.5. The first kappa shape index (κ1) is 30.9. The summed E-state index contributed by atoms with van der Waals surface area (Å²) in [5.41, 5.74) is 14.0. The second-order valence-corrected chi connectivity index (χ2v) is 13.0. The van der Waals surface area contributed by atoms with Gasteiger partial charge in [-0.3, -0.25) is 0 Å². The molecule has 1 aromatic heterocycles. The molecule has 0 saturated carbocycles. The maximum atomic E-state index is 9.37. The van der Waals surface area contributed by atoms with Gasteiger partial charge in [0, 0.05) is 11.1 Å². The van der Waals surface area contributed by atoms with Crippen molar-refractivity contribution in [2.24, 2.45) is 0 Å². The predicted molar refractivity (Wildman–Crippen MR) is 217 cm³/mol. The minimum atomic E-state index is 0.660. The second kappa shape index (κ2) is 13.3. The maximum absolute atomic E-state index is 9.37. The number of nitriles is 1. The molecule has 0 aliphatic heterocycles. The van der Waals surface area contributed by atoms with Gasteiger partial charge in [0.25, 0.3) is 0 Å². The molecule has 0 atom stereocenters. The van der Waals surface area contributed by atoms with Gasteiger partial charge in [-0.25, -0.2) is 4.98 Å². The van der Waals surface area contributed by atoms with E-state index in [2.05, 4.69) is 164 Å². The lowest BCUT2D eigenvalue weighted by molar-refractivity contribution is 1.32. The lowest BCUT2D eigenvalue weighted by Gasteiger charge is -2.18. The molecule has 0 fully saturated rings. The van der Waals surface area contributed by atoms with Gasteiger partial charge in [0.05, 0.1) is 23.0 Å². The van der Waals surface area contributed by atoms with E-state index in [9.17, 15) is 5.26 Å². The zero-order valence-electron chi connectivity index (χ0n) is 28.4. The van der Waals surface area contributed by atoms with Crippen LogP contribution in [0.3, 0.4) is 0 Å². The summed E-state index contributed by atoms with van der Waals surface area (Å²) in [6, 6.07) is 70.6. The van der Waals surface area contributed by atoms with Gasteiger partial charge < -0.3 is 0 Å². The van der Waals surface area contributed by atoms with Crippen LogP contribution < -0.4 is 0 Å². The lowest BCUT2D eigenvalue weighted by atomic mass is 9.85. The highest BCUT2D eigenvalue weighted by Crippen LogP contribution is 2.44. The fourth-order valence-electron chi connectivity index (χ4n) is 7.35. The molecule has 0 bridgehead atoms. The molecule has 242 valence electrons. The Hall–Kier alpha value is -7.08. The SMILES string of the molecule is N#Cc1ccc(-c2ccc(-c3c(-c4ccc(-c5cc(-c6ccccc6)nc(-c6ccccc6)c5)cc4)ccc4ccccc34)c3ccccc23)cc1. The molecule has 0 amide bonds. The quantitative estimate of drug-likeness (QED) is 0.178. The van der Waals surface area contributed by atoms with E-state index < -0.39 is 0 Å². The molecule has 0 saturated heterocycles. The molecule has 0 spiro atoms. The monoisotopic (exact) mass is 660 g/mol. The molecule has 0 radical (unpaired) electrons. The first-order valence-corrected chi connectivity index (χ1v) is 17.5. The van der Waals surface area contributed by atoms with Crippen molar-refractivity contribution in [1.82, 2.24) is 4.98 Å². The Kier molecular flexibility index (Phi) is 7.93. The van der Waals surface area contributed by atoms with Crippen molar-refractivity contribution in [2.75, 3.05) is 0 Å². The van der Waals surface area contributed by atoms with Gasteiger partial charge in [-0.2, -0.15) is 5.26 Å². The maximum Gasteiger partial charge on any atom is 0.0991 e. The van der Waals surface area contributed by atoms with Crippen LogP contribution in [0.2, 0.25) is 0 Å². The van der Waals surface area contributed by atoms with Crippen molar-refractivity contribution in [3.05, 3.63) is 200 Å². The number of hydrogen-bond acceptors (Lipinski definition) is 2. The number of fused-ring (bicyclic) bond motifs is 2. The Balaban J connectivity index is 1.18. The standard InChI is InChI=1S/C50H32N2/c51-33-34-19-21-37(22-20-34)42-29-30-47(46-18-10-9-17-45(42)46)50-43-16-8-7-11-36(43)27-28-44(50)38-25-23-35(24-26-38)41-31-48(39-12-3-1-4-13-39)52-49(32-41)40-14-5-2-6-15-40/h1-32H. The summed E-state index contributed by atoms with van der Waals surface area (Å²) >= 11 is 0.